The van der Waals surface area contributed by atoms with Crippen LogP contribution in [0.1, 0.15) is 34.8 Å². The molecule has 5 nitrogen and oxygen atoms in total. The molecule has 2 heterocycles. The van der Waals surface area contributed by atoms with E-state index in [0.717, 1.165) is 35.3 Å². The second-order valence-corrected chi connectivity index (χ2v) is 8.60. The third-order valence-electron chi connectivity index (χ3n) is 6.13. The zero-order valence-corrected chi connectivity index (χ0v) is 18.3. The van der Waals surface area contributed by atoms with Crippen molar-refractivity contribution in [3.05, 3.63) is 82.8 Å². The fraction of sp³-hybridized carbons (Fsp3) is 0.192. The van der Waals surface area contributed by atoms with E-state index in [1.54, 1.807) is 36.4 Å². The lowest BCUT2D eigenvalue weighted by molar-refractivity contribution is 0.0697. The first-order valence-corrected chi connectivity index (χ1v) is 11.1. The molecule has 0 unspecified atom stereocenters. The van der Waals surface area contributed by atoms with Crippen molar-refractivity contribution in [3.8, 4) is 22.6 Å². The number of phenols is 1. The van der Waals surface area contributed by atoms with E-state index in [9.17, 15) is 19.4 Å². The number of carboxylic acids is 1. The zero-order valence-electron chi connectivity index (χ0n) is 17.6. The molecule has 2 N–H and O–H groups in total. The van der Waals surface area contributed by atoms with Gasteiger partial charge in [-0.1, -0.05) is 17.7 Å². The number of benzene rings is 3. The normalized spacial score (nSPS) is 14.6. The minimum absolute atomic E-state index is 0.0635. The van der Waals surface area contributed by atoms with Gasteiger partial charge in [-0.2, -0.15) is 0 Å². The van der Waals surface area contributed by atoms with Crippen molar-refractivity contribution in [3.63, 3.8) is 0 Å². The molecule has 0 bridgehead atoms. The number of carbonyl (C=O) groups is 1. The fourth-order valence-corrected chi connectivity index (χ4v) is 4.95. The second-order valence-electron chi connectivity index (χ2n) is 8.16. The van der Waals surface area contributed by atoms with Gasteiger partial charge in [-0.15, -0.1) is 0 Å². The predicted molar refractivity (Wildman–Crippen MR) is 125 cm³/mol. The molecule has 33 heavy (non-hydrogen) atoms. The van der Waals surface area contributed by atoms with Crippen LogP contribution in [0.4, 0.5) is 4.39 Å². The molecule has 4 aromatic rings. The number of nitrogens with zero attached hydrogens (tertiary/aromatic N) is 1. The number of carboxylic acid groups (broad SMARTS) is 1. The molecule has 1 aliphatic rings. The standard InChI is InChI=1S/C26H21ClFNO4/c27-18-13-16(12-17(14-18)26(31)32)23-24-21(2-1-3-22(24)30)29(20-6-4-19(28)5-7-20)25(23)15-8-10-33-11-9-15/h1-7,12-15,30H,8-11H2,(H,31,32). The molecule has 3 aromatic carbocycles. The highest BCUT2D eigenvalue weighted by Crippen LogP contribution is 2.46. The number of phenolic OH excluding ortho intramolecular Hbond substituents is 1. The van der Waals surface area contributed by atoms with Crippen LogP contribution in [0.3, 0.4) is 0 Å². The maximum Gasteiger partial charge on any atom is 0.335 e. The summed E-state index contributed by atoms with van der Waals surface area (Å²) in [5, 5.41) is 21.4. The van der Waals surface area contributed by atoms with Crippen LogP contribution in [0, 0.1) is 5.82 Å². The first-order chi connectivity index (χ1) is 15.9. The van der Waals surface area contributed by atoms with Gasteiger partial charge in [0.1, 0.15) is 11.6 Å². The van der Waals surface area contributed by atoms with Crippen LogP contribution in [0.15, 0.2) is 60.7 Å². The molecule has 7 heteroatoms. The second kappa shape index (κ2) is 8.54. The van der Waals surface area contributed by atoms with E-state index in [2.05, 4.69) is 0 Å². The summed E-state index contributed by atoms with van der Waals surface area (Å²) in [5.74, 6) is -1.27. The Hall–Kier alpha value is -3.35. The molecular formula is C26H21ClFNO4. The van der Waals surface area contributed by atoms with Gasteiger partial charge in [0, 0.05) is 46.5 Å². The number of halogens is 2. The van der Waals surface area contributed by atoms with Crippen molar-refractivity contribution in [2.24, 2.45) is 0 Å². The largest absolute Gasteiger partial charge is 0.507 e. The summed E-state index contributed by atoms with van der Waals surface area (Å²) in [6.45, 7) is 1.19. The van der Waals surface area contributed by atoms with Crippen molar-refractivity contribution in [1.82, 2.24) is 4.57 Å². The average Bonchev–Trinajstić information content (AvgIpc) is 3.16. The Kier molecular flexibility index (Phi) is 5.56. The number of aromatic nitrogens is 1. The predicted octanol–water partition coefficient (Wildman–Crippen LogP) is 6.39. The van der Waals surface area contributed by atoms with Crippen molar-refractivity contribution >= 4 is 28.5 Å². The van der Waals surface area contributed by atoms with E-state index in [-0.39, 0.29) is 23.0 Å². The summed E-state index contributed by atoms with van der Waals surface area (Å²) in [7, 11) is 0. The molecule has 0 radical (unpaired) electrons. The quantitative estimate of drug-likeness (QED) is 0.366. The highest BCUT2D eigenvalue weighted by atomic mass is 35.5. The molecule has 0 spiro atoms. The summed E-state index contributed by atoms with van der Waals surface area (Å²) >= 11 is 6.32. The highest BCUT2D eigenvalue weighted by molar-refractivity contribution is 6.31. The van der Waals surface area contributed by atoms with E-state index in [0.29, 0.717) is 29.2 Å². The van der Waals surface area contributed by atoms with Gasteiger partial charge in [-0.25, -0.2) is 9.18 Å². The average molecular weight is 466 g/mol. The van der Waals surface area contributed by atoms with E-state index in [4.69, 9.17) is 16.3 Å². The summed E-state index contributed by atoms with van der Waals surface area (Å²) in [5.41, 5.74) is 3.81. The van der Waals surface area contributed by atoms with Crippen molar-refractivity contribution in [1.29, 1.82) is 0 Å². The van der Waals surface area contributed by atoms with Gasteiger partial charge in [0.15, 0.2) is 0 Å². The SMILES string of the molecule is O=C(O)c1cc(Cl)cc(-c2c(C3CCOCC3)n(-c3ccc(F)cc3)c3cccc(O)c23)c1. The molecule has 1 fully saturated rings. The lowest BCUT2D eigenvalue weighted by Gasteiger charge is -2.26. The third kappa shape index (κ3) is 3.86. The van der Waals surface area contributed by atoms with Crippen LogP contribution < -0.4 is 0 Å². The molecule has 0 amide bonds. The van der Waals surface area contributed by atoms with Crippen LogP contribution in [0.2, 0.25) is 5.02 Å². The molecule has 1 aromatic heterocycles. The van der Waals surface area contributed by atoms with Crippen LogP contribution in [-0.4, -0.2) is 34.0 Å². The molecule has 168 valence electrons. The lowest BCUT2D eigenvalue weighted by Crippen LogP contribution is -2.17. The van der Waals surface area contributed by atoms with E-state index < -0.39 is 5.97 Å². The third-order valence-corrected chi connectivity index (χ3v) is 6.35. The first-order valence-electron chi connectivity index (χ1n) is 10.7. The molecule has 0 atom stereocenters. The van der Waals surface area contributed by atoms with Crippen LogP contribution in [0.5, 0.6) is 5.75 Å². The number of rotatable bonds is 4. The maximum absolute atomic E-state index is 13.7. The van der Waals surface area contributed by atoms with Gasteiger partial charge in [-0.05, 0) is 73.0 Å². The summed E-state index contributed by atoms with van der Waals surface area (Å²) in [4.78, 5) is 11.7. The van der Waals surface area contributed by atoms with Crippen LogP contribution >= 0.6 is 11.6 Å². The van der Waals surface area contributed by atoms with E-state index >= 15 is 0 Å². The van der Waals surface area contributed by atoms with Gasteiger partial charge in [0.05, 0.1) is 11.1 Å². The Balaban J connectivity index is 1.91. The van der Waals surface area contributed by atoms with E-state index in [1.807, 2.05) is 10.6 Å². The zero-order chi connectivity index (χ0) is 23.1. The minimum Gasteiger partial charge on any atom is -0.507 e. The molecule has 0 saturated carbocycles. The van der Waals surface area contributed by atoms with Gasteiger partial charge in [0.25, 0.3) is 0 Å². The van der Waals surface area contributed by atoms with Gasteiger partial charge in [0.2, 0.25) is 0 Å². The first kappa shape index (κ1) is 21.5. The van der Waals surface area contributed by atoms with Crippen molar-refractivity contribution in [2.75, 3.05) is 13.2 Å². The van der Waals surface area contributed by atoms with Gasteiger partial charge in [-0.3, -0.25) is 0 Å². The molecular weight excluding hydrogens is 445 g/mol. The van der Waals surface area contributed by atoms with Crippen LogP contribution in [0.25, 0.3) is 27.7 Å². The number of aromatic carboxylic acids is 1. The summed E-state index contributed by atoms with van der Waals surface area (Å²) < 4.78 is 21.4. The molecule has 5 rings (SSSR count). The summed E-state index contributed by atoms with van der Waals surface area (Å²) in [6.07, 6.45) is 1.52. The minimum atomic E-state index is -1.09. The number of fused-ring (bicyclic) bond motifs is 1. The number of ether oxygens (including phenoxy) is 1. The highest BCUT2D eigenvalue weighted by Gasteiger charge is 2.29. The molecule has 0 aliphatic carbocycles. The molecule has 1 saturated heterocycles. The number of hydrogen-bond donors (Lipinski definition) is 2. The number of aromatic hydroxyl groups is 1. The lowest BCUT2D eigenvalue weighted by atomic mass is 9.89. The Labute approximate surface area is 194 Å². The Morgan fingerprint density at radius 3 is 2.48 bits per heavy atom. The smallest absolute Gasteiger partial charge is 0.335 e. The van der Waals surface area contributed by atoms with E-state index in [1.165, 1.54) is 18.2 Å². The Bertz CT molecular complexity index is 1360. The van der Waals surface area contributed by atoms with Crippen molar-refractivity contribution in [2.45, 2.75) is 18.8 Å². The fourth-order valence-electron chi connectivity index (χ4n) is 4.72. The van der Waals surface area contributed by atoms with Gasteiger partial charge >= 0.3 is 5.97 Å². The van der Waals surface area contributed by atoms with Gasteiger partial charge < -0.3 is 19.5 Å². The summed E-state index contributed by atoms with van der Waals surface area (Å²) in [6, 6.07) is 16.2. The Morgan fingerprint density at radius 1 is 1.06 bits per heavy atom. The van der Waals surface area contributed by atoms with Crippen LogP contribution in [-0.2, 0) is 4.74 Å². The maximum atomic E-state index is 13.7. The monoisotopic (exact) mass is 465 g/mol. The Morgan fingerprint density at radius 2 is 1.79 bits per heavy atom. The topological polar surface area (TPSA) is 71.7 Å². The molecule has 1 aliphatic heterocycles. The van der Waals surface area contributed by atoms with Crippen molar-refractivity contribution < 1.29 is 24.1 Å². The number of hydrogen-bond acceptors (Lipinski definition) is 3.